The van der Waals surface area contributed by atoms with Crippen molar-refractivity contribution >= 4 is 0 Å². The van der Waals surface area contributed by atoms with Gasteiger partial charge in [-0.05, 0) is 97.9 Å². The molecule has 0 N–H and O–H groups in total. The van der Waals surface area contributed by atoms with E-state index in [0.717, 1.165) is 42.2 Å². The van der Waals surface area contributed by atoms with E-state index in [9.17, 15) is 17.6 Å². The molecule has 0 unspecified atom stereocenters. The van der Waals surface area contributed by atoms with Crippen LogP contribution in [0.1, 0.15) is 75.3 Å². The van der Waals surface area contributed by atoms with Crippen LogP contribution in [0.25, 0.3) is 11.1 Å². The molecule has 30 heavy (non-hydrogen) atoms. The third-order valence-corrected chi connectivity index (χ3v) is 7.66. The fourth-order valence-electron chi connectivity index (χ4n) is 5.65. The van der Waals surface area contributed by atoms with Crippen LogP contribution in [0.15, 0.2) is 24.3 Å². The zero-order valence-electron chi connectivity index (χ0n) is 17.8. The van der Waals surface area contributed by atoms with Crippen molar-refractivity contribution in [1.29, 1.82) is 0 Å². The highest BCUT2D eigenvalue weighted by Gasteiger charge is 2.30. The van der Waals surface area contributed by atoms with E-state index in [4.69, 9.17) is 0 Å². The number of hydrogen-bond acceptors (Lipinski definition) is 0. The fourth-order valence-corrected chi connectivity index (χ4v) is 5.65. The Kier molecular flexibility index (Phi) is 6.22. The Hall–Kier alpha value is -1.84. The minimum absolute atomic E-state index is 0.0608. The van der Waals surface area contributed by atoms with E-state index in [1.54, 1.807) is 6.07 Å². The van der Waals surface area contributed by atoms with Gasteiger partial charge in [0.15, 0.2) is 17.5 Å². The van der Waals surface area contributed by atoms with Crippen LogP contribution in [0.3, 0.4) is 0 Å². The van der Waals surface area contributed by atoms with E-state index in [0.29, 0.717) is 5.92 Å². The van der Waals surface area contributed by atoms with Crippen molar-refractivity contribution in [1.82, 2.24) is 0 Å². The second kappa shape index (κ2) is 8.72. The summed E-state index contributed by atoms with van der Waals surface area (Å²) in [6.45, 7) is 3.69. The molecule has 2 aromatic carbocycles. The zero-order chi connectivity index (χ0) is 21.4. The van der Waals surface area contributed by atoms with Gasteiger partial charge in [0.2, 0.25) is 0 Å². The smallest absolute Gasteiger partial charge is 0.194 e. The molecule has 2 fully saturated rings. The van der Waals surface area contributed by atoms with Crippen LogP contribution in [0.2, 0.25) is 0 Å². The van der Waals surface area contributed by atoms with Gasteiger partial charge in [-0.3, -0.25) is 0 Å². The first-order chi connectivity index (χ1) is 14.3. The Balaban J connectivity index is 1.47. The Bertz CT molecular complexity index is 904. The first kappa shape index (κ1) is 21.4. The lowest BCUT2D eigenvalue weighted by atomic mass is 9.68. The van der Waals surface area contributed by atoms with Crippen molar-refractivity contribution < 1.29 is 17.6 Å². The van der Waals surface area contributed by atoms with Gasteiger partial charge in [0.25, 0.3) is 0 Å². The summed E-state index contributed by atoms with van der Waals surface area (Å²) < 4.78 is 55.9. The van der Waals surface area contributed by atoms with E-state index < -0.39 is 23.3 Å². The molecule has 4 heteroatoms. The molecule has 0 atom stereocenters. The maximum absolute atomic E-state index is 14.9. The normalized spacial score (nSPS) is 27.3. The predicted molar refractivity (Wildman–Crippen MR) is 112 cm³/mol. The molecule has 4 rings (SSSR count). The summed E-state index contributed by atoms with van der Waals surface area (Å²) >= 11 is 0. The van der Waals surface area contributed by atoms with Crippen molar-refractivity contribution in [2.24, 2.45) is 17.8 Å². The Morgan fingerprint density at radius 2 is 1.27 bits per heavy atom. The first-order valence-electron chi connectivity index (χ1n) is 11.3. The molecule has 162 valence electrons. The van der Waals surface area contributed by atoms with Crippen LogP contribution >= 0.6 is 0 Å². The molecular formula is C26H30F4. The van der Waals surface area contributed by atoms with Gasteiger partial charge < -0.3 is 0 Å². The summed E-state index contributed by atoms with van der Waals surface area (Å²) in [6.07, 6.45) is 9.92. The first-order valence-corrected chi connectivity index (χ1v) is 11.3. The average Bonchev–Trinajstić information content (AvgIpc) is 2.76. The van der Waals surface area contributed by atoms with Crippen LogP contribution in [0, 0.1) is 47.9 Å². The summed E-state index contributed by atoms with van der Waals surface area (Å²) in [6, 6.07) is 5.83. The Morgan fingerprint density at radius 3 is 1.87 bits per heavy atom. The lowest BCUT2D eigenvalue weighted by molar-refractivity contribution is 0.165. The second-order valence-electron chi connectivity index (χ2n) is 9.53. The molecule has 0 aliphatic heterocycles. The van der Waals surface area contributed by atoms with Crippen molar-refractivity contribution in [3.8, 4) is 11.1 Å². The van der Waals surface area contributed by atoms with Gasteiger partial charge in [-0.1, -0.05) is 31.9 Å². The summed E-state index contributed by atoms with van der Waals surface area (Å²) in [5.41, 5.74) is 1.04. The van der Waals surface area contributed by atoms with E-state index in [2.05, 4.69) is 6.92 Å². The molecule has 0 nitrogen and oxygen atoms in total. The van der Waals surface area contributed by atoms with E-state index in [1.165, 1.54) is 51.5 Å². The molecule has 0 amide bonds. The lowest BCUT2D eigenvalue weighted by Gasteiger charge is -2.37. The quantitative estimate of drug-likeness (QED) is 0.347. The van der Waals surface area contributed by atoms with Crippen molar-refractivity contribution in [2.75, 3.05) is 0 Å². The van der Waals surface area contributed by atoms with Gasteiger partial charge in [-0.15, -0.1) is 0 Å². The Morgan fingerprint density at radius 1 is 0.667 bits per heavy atom. The maximum atomic E-state index is 14.9. The van der Waals surface area contributed by atoms with Gasteiger partial charge in [0.1, 0.15) is 5.82 Å². The van der Waals surface area contributed by atoms with Gasteiger partial charge >= 0.3 is 0 Å². The van der Waals surface area contributed by atoms with Crippen LogP contribution < -0.4 is 0 Å². The van der Waals surface area contributed by atoms with Crippen molar-refractivity contribution in [3.05, 3.63) is 58.7 Å². The van der Waals surface area contributed by atoms with E-state index >= 15 is 0 Å². The molecule has 0 heterocycles. The molecule has 0 spiro atoms. The highest BCUT2D eigenvalue weighted by atomic mass is 19.2. The van der Waals surface area contributed by atoms with Gasteiger partial charge in [-0.25, -0.2) is 17.6 Å². The molecule has 2 aromatic rings. The van der Waals surface area contributed by atoms with Gasteiger partial charge in [-0.2, -0.15) is 0 Å². The molecule has 2 aliphatic rings. The summed E-state index contributed by atoms with van der Waals surface area (Å²) in [7, 11) is 0. The predicted octanol–water partition coefficient (Wildman–Crippen LogP) is 8.32. The Labute approximate surface area is 176 Å². The minimum Gasteiger partial charge on any atom is -0.206 e. The van der Waals surface area contributed by atoms with Crippen LogP contribution in [-0.2, 0) is 0 Å². The van der Waals surface area contributed by atoms with Crippen molar-refractivity contribution in [2.45, 2.75) is 71.1 Å². The second-order valence-corrected chi connectivity index (χ2v) is 9.53. The topological polar surface area (TPSA) is 0 Å². The zero-order valence-corrected chi connectivity index (χ0v) is 17.8. The van der Waals surface area contributed by atoms with Gasteiger partial charge in [0, 0.05) is 5.56 Å². The lowest BCUT2D eigenvalue weighted by Crippen LogP contribution is -2.24. The average molecular weight is 419 g/mol. The highest BCUT2D eigenvalue weighted by molar-refractivity contribution is 5.68. The molecule has 2 saturated carbocycles. The standard InChI is InChI=1S/C26H30F4/c1-15-3-5-17(6-4-15)18-7-9-19(10-8-18)20-11-12-21(23(27)13-20)22-14-24(28)26(30)25(29)16(22)2/h11-15,17-19H,3-10H2,1-2H3. The minimum atomic E-state index is -1.52. The molecule has 0 saturated heterocycles. The largest absolute Gasteiger partial charge is 0.206 e. The van der Waals surface area contributed by atoms with Crippen LogP contribution in [0.5, 0.6) is 0 Å². The summed E-state index contributed by atoms with van der Waals surface area (Å²) in [4.78, 5) is 0. The summed E-state index contributed by atoms with van der Waals surface area (Å²) in [5.74, 6) is -1.74. The van der Waals surface area contributed by atoms with E-state index in [1.807, 2.05) is 6.07 Å². The fraction of sp³-hybridized carbons (Fsp3) is 0.538. The molecular weight excluding hydrogens is 388 g/mol. The number of halogens is 4. The third-order valence-electron chi connectivity index (χ3n) is 7.66. The molecule has 0 aromatic heterocycles. The molecule has 0 bridgehead atoms. The molecule has 2 aliphatic carbocycles. The SMILES string of the molecule is Cc1c(-c2ccc(C3CCC(C4CCC(C)CC4)CC3)cc2F)cc(F)c(F)c1F. The molecule has 0 radical (unpaired) electrons. The van der Waals surface area contributed by atoms with Crippen molar-refractivity contribution in [3.63, 3.8) is 0 Å². The number of rotatable bonds is 3. The monoisotopic (exact) mass is 418 g/mol. The van der Waals surface area contributed by atoms with Crippen LogP contribution in [-0.4, -0.2) is 0 Å². The highest BCUT2D eigenvalue weighted by Crippen LogP contribution is 2.44. The van der Waals surface area contributed by atoms with Crippen LogP contribution in [0.4, 0.5) is 17.6 Å². The summed E-state index contributed by atoms with van der Waals surface area (Å²) in [5, 5.41) is 0. The maximum Gasteiger partial charge on any atom is 0.194 e. The third kappa shape index (κ3) is 4.15. The number of benzene rings is 2. The van der Waals surface area contributed by atoms with E-state index in [-0.39, 0.29) is 16.7 Å². The number of hydrogen-bond donors (Lipinski definition) is 0. The van der Waals surface area contributed by atoms with Gasteiger partial charge in [0.05, 0.1) is 0 Å².